The highest BCUT2D eigenvalue weighted by Gasteiger charge is 2.38. The second-order valence-corrected chi connectivity index (χ2v) is 12.7. The van der Waals surface area contributed by atoms with Crippen LogP contribution in [0.1, 0.15) is 50.2 Å². The summed E-state index contributed by atoms with van der Waals surface area (Å²) in [7, 11) is -3.96. The lowest BCUT2D eigenvalue weighted by Crippen LogP contribution is -2.42. The van der Waals surface area contributed by atoms with Gasteiger partial charge in [0.25, 0.3) is 15.7 Å². The Labute approximate surface area is 247 Å². The average Bonchev–Trinajstić information content (AvgIpc) is 3.52. The quantitative estimate of drug-likeness (QED) is 0.240. The Morgan fingerprint density at radius 2 is 1.84 bits per heavy atom. The number of aromatic nitrogens is 5. The maximum Gasteiger partial charge on any atom is 0.508 e. The number of nitrogens with zero attached hydrogens (tertiary/aromatic N) is 5. The molecule has 0 aliphatic carbocycles. The highest BCUT2D eigenvalue weighted by molar-refractivity contribution is 7.86. The van der Waals surface area contributed by atoms with Crippen LogP contribution in [0.2, 0.25) is 0 Å². The minimum absolute atomic E-state index is 0.0275. The van der Waals surface area contributed by atoms with Crippen LogP contribution in [0.15, 0.2) is 51.1 Å². The van der Waals surface area contributed by atoms with Gasteiger partial charge >= 0.3 is 11.8 Å². The molecule has 0 unspecified atom stereocenters. The molecule has 1 aromatic carbocycles. The molecule has 0 N–H and O–H groups in total. The summed E-state index contributed by atoms with van der Waals surface area (Å²) in [5.41, 5.74) is -0.770. The number of benzene rings is 1. The van der Waals surface area contributed by atoms with Crippen LogP contribution in [-0.2, 0) is 41.6 Å². The maximum absolute atomic E-state index is 14.8. The van der Waals surface area contributed by atoms with E-state index in [2.05, 4.69) is 10.3 Å². The molecule has 0 bridgehead atoms. The summed E-state index contributed by atoms with van der Waals surface area (Å²) in [6.45, 7) is 7.46. The molecule has 234 valence electrons. The molecule has 2 aromatic heterocycles. The molecule has 0 radical (unpaired) electrons. The van der Waals surface area contributed by atoms with E-state index in [1.54, 1.807) is 32.9 Å². The van der Waals surface area contributed by atoms with Gasteiger partial charge in [0, 0.05) is 18.2 Å². The standard InChI is InChI=1S/C27H34FN5O9S/c1-17-6-8-20(9-7-17)43(37,38)40-11-10-31-14-19(29-30-31)15-33-24(34)18(2)13-32(25(33)35)23-12-21(28)22(41-23)16-39-26(36)42-27(3,4)5/h6-9,13-14,21-23H,10-12,15-16H2,1-5H3/t21-,22+,23+/m0/s1. The summed E-state index contributed by atoms with van der Waals surface area (Å²) in [4.78, 5) is 38.0. The van der Waals surface area contributed by atoms with Crippen LogP contribution in [-0.4, -0.2) is 69.8 Å². The minimum atomic E-state index is -3.96. The molecule has 0 spiro atoms. The molecule has 3 aromatic rings. The maximum atomic E-state index is 14.8. The highest BCUT2D eigenvalue weighted by atomic mass is 32.2. The Balaban J connectivity index is 1.40. The fraction of sp³-hybridized carbons (Fsp3) is 0.519. The van der Waals surface area contributed by atoms with Crippen molar-refractivity contribution in [1.82, 2.24) is 24.1 Å². The van der Waals surface area contributed by atoms with E-state index in [9.17, 15) is 27.2 Å². The van der Waals surface area contributed by atoms with E-state index >= 15 is 0 Å². The number of halogens is 1. The Kier molecular flexibility index (Phi) is 9.51. The lowest BCUT2D eigenvalue weighted by Gasteiger charge is -2.20. The number of ether oxygens (including phenoxy) is 3. The zero-order chi connectivity index (χ0) is 31.5. The van der Waals surface area contributed by atoms with Gasteiger partial charge in [0.2, 0.25) is 0 Å². The number of alkyl halides is 1. The summed E-state index contributed by atoms with van der Waals surface area (Å²) in [5.74, 6) is 0. The van der Waals surface area contributed by atoms with Gasteiger partial charge in [-0.15, -0.1) is 5.10 Å². The van der Waals surface area contributed by atoms with Gasteiger partial charge in [0.05, 0.1) is 30.8 Å². The van der Waals surface area contributed by atoms with E-state index in [-0.39, 0.29) is 42.3 Å². The van der Waals surface area contributed by atoms with Crippen LogP contribution >= 0.6 is 0 Å². The van der Waals surface area contributed by atoms with Crippen molar-refractivity contribution >= 4 is 16.3 Å². The van der Waals surface area contributed by atoms with Crippen molar-refractivity contribution in [2.75, 3.05) is 13.2 Å². The Morgan fingerprint density at radius 3 is 2.51 bits per heavy atom. The van der Waals surface area contributed by atoms with E-state index in [1.807, 2.05) is 6.92 Å². The number of hydrogen-bond acceptors (Lipinski definition) is 11. The molecule has 0 saturated carbocycles. The van der Waals surface area contributed by atoms with Crippen LogP contribution in [0, 0.1) is 13.8 Å². The van der Waals surface area contributed by atoms with Crippen molar-refractivity contribution in [3.05, 3.63) is 74.3 Å². The smallest absolute Gasteiger partial charge is 0.431 e. The first kappa shape index (κ1) is 32.0. The van der Waals surface area contributed by atoms with Crippen molar-refractivity contribution in [2.24, 2.45) is 0 Å². The third-order valence-electron chi connectivity index (χ3n) is 6.37. The molecule has 0 amide bonds. The Hall–Kier alpha value is -3.89. The Morgan fingerprint density at radius 1 is 1.14 bits per heavy atom. The molecule has 4 rings (SSSR count). The van der Waals surface area contributed by atoms with Crippen molar-refractivity contribution in [3.8, 4) is 0 Å². The topological polar surface area (TPSA) is 163 Å². The number of carbonyl (C=O) groups is 1. The first-order valence-corrected chi connectivity index (χ1v) is 14.9. The molecule has 1 aliphatic rings. The fourth-order valence-corrected chi connectivity index (χ4v) is 5.14. The number of hydrogen-bond donors (Lipinski definition) is 0. The van der Waals surface area contributed by atoms with Gasteiger partial charge < -0.3 is 14.2 Å². The van der Waals surface area contributed by atoms with Crippen LogP contribution in [0.25, 0.3) is 0 Å². The van der Waals surface area contributed by atoms with E-state index in [0.717, 1.165) is 14.7 Å². The predicted molar refractivity (Wildman–Crippen MR) is 149 cm³/mol. The van der Waals surface area contributed by atoms with E-state index < -0.39 is 58.2 Å². The first-order chi connectivity index (χ1) is 20.1. The summed E-state index contributed by atoms with van der Waals surface area (Å²) in [5, 5.41) is 7.89. The van der Waals surface area contributed by atoms with Gasteiger partial charge in [-0.1, -0.05) is 22.9 Å². The second-order valence-electron chi connectivity index (χ2n) is 11.1. The van der Waals surface area contributed by atoms with Crippen molar-refractivity contribution in [3.63, 3.8) is 0 Å². The van der Waals surface area contributed by atoms with Gasteiger partial charge in [-0.05, 0) is 46.8 Å². The highest BCUT2D eigenvalue weighted by Crippen LogP contribution is 2.30. The lowest BCUT2D eigenvalue weighted by atomic mass is 10.2. The second kappa shape index (κ2) is 12.8. The molecule has 16 heteroatoms. The predicted octanol–water partition coefficient (Wildman–Crippen LogP) is 2.25. The SMILES string of the molecule is Cc1ccc(S(=O)(=O)OCCn2cc(Cn3c(=O)c(C)cn([C@H]4C[C@H](F)[C@@H](COC(=O)OC(C)(C)C)O4)c3=O)nn2)cc1. The lowest BCUT2D eigenvalue weighted by molar-refractivity contribution is -0.0626. The van der Waals surface area contributed by atoms with Gasteiger partial charge in [-0.3, -0.25) is 18.1 Å². The van der Waals surface area contributed by atoms with Gasteiger partial charge in [-0.2, -0.15) is 8.42 Å². The van der Waals surface area contributed by atoms with Crippen LogP contribution < -0.4 is 11.2 Å². The number of rotatable bonds is 10. The Bertz CT molecular complexity index is 1680. The summed E-state index contributed by atoms with van der Waals surface area (Å²) < 4.78 is 63.7. The largest absolute Gasteiger partial charge is 0.508 e. The first-order valence-electron chi connectivity index (χ1n) is 13.5. The summed E-state index contributed by atoms with van der Waals surface area (Å²) >= 11 is 0. The zero-order valence-electron chi connectivity index (χ0n) is 24.4. The fourth-order valence-electron chi connectivity index (χ4n) is 4.24. The molecular weight excluding hydrogens is 589 g/mol. The zero-order valence-corrected chi connectivity index (χ0v) is 25.2. The molecule has 14 nitrogen and oxygen atoms in total. The molecule has 3 heterocycles. The molecule has 1 aliphatic heterocycles. The minimum Gasteiger partial charge on any atom is -0.431 e. The van der Waals surface area contributed by atoms with Crippen LogP contribution in [0.4, 0.5) is 9.18 Å². The summed E-state index contributed by atoms with van der Waals surface area (Å²) in [6.07, 6.45) is -2.17. The van der Waals surface area contributed by atoms with E-state index in [1.165, 1.54) is 36.1 Å². The summed E-state index contributed by atoms with van der Waals surface area (Å²) in [6, 6.07) is 6.23. The molecule has 43 heavy (non-hydrogen) atoms. The molecular formula is C27H34FN5O9S. The molecule has 1 fully saturated rings. The van der Waals surface area contributed by atoms with Gasteiger partial charge in [-0.25, -0.2) is 18.7 Å². The number of carbonyl (C=O) groups excluding carboxylic acids is 1. The van der Waals surface area contributed by atoms with Crippen LogP contribution in [0.5, 0.6) is 0 Å². The van der Waals surface area contributed by atoms with Gasteiger partial charge in [0.1, 0.15) is 36.4 Å². The van der Waals surface area contributed by atoms with Crippen molar-refractivity contribution in [2.45, 2.75) is 83.1 Å². The number of aryl methyl sites for hydroxylation is 2. The van der Waals surface area contributed by atoms with Crippen molar-refractivity contribution < 1.29 is 36.0 Å². The van der Waals surface area contributed by atoms with Crippen LogP contribution in [0.3, 0.4) is 0 Å². The average molecular weight is 624 g/mol. The van der Waals surface area contributed by atoms with E-state index in [4.69, 9.17) is 18.4 Å². The molecule has 3 atom stereocenters. The van der Waals surface area contributed by atoms with E-state index in [0.29, 0.717) is 0 Å². The van der Waals surface area contributed by atoms with Gasteiger partial charge in [0.15, 0.2) is 0 Å². The third kappa shape index (κ3) is 8.14. The van der Waals surface area contributed by atoms with Crippen molar-refractivity contribution in [1.29, 1.82) is 0 Å². The third-order valence-corrected chi connectivity index (χ3v) is 7.70. The monoisotopic (exact) mass is 623 g/mol. The normalized spacial score (nSPS) is 19.0. The molecule has 1 saturated heterocycles.